The van der Waals surface area contributed by atoms with Gasteiger partial charge in [0.15, 0.2) is 7.11 Å². The lowest BCUT2D eigenvalue weighted by Gasteiger charge is -2.27. The molecule has 0 saturated carbocycles. The maximum Gasteiger partial charge on any atom is 0.316 e. The van der Waals surface area contributed by atoms with Crippen molar-refractivity contribution in [3.63, 3.8) is 0 Å². The van der Waals surface area contributed by atoms with Crippen LogP contribution >= 0.6 is 0 Å². The molecular formula is C24H31N4O4+. The van der Waals surface area contributed by atoms with Gasteiger partial charge < -0.3 is 19.8 Å². The van der Waals surface area contributed by atoms with Crippen LogP contribution in [0.25, 0.3) is 22.2 Å². The Morgan fingerprint density at radius 2 is 1.84 bits per heavy atom. The Morgan fingerprint density at radius 1 is 1.12 bits per heavy atom. The van der Waals surface area contributed by atoms with Crippen molar-refractivity contribution < 1.29 is 19.2 Å². The fourth-order valence-corrected chi connectivity index (χ4v) is 4.35. The standard InChI is InChI=1S/C24H31N4O4/c1-4-27-21-15-22(32-5-2)18(16-26-10-12-31-13-11-26)14-20(21)23(25)24(27)17-6-8-19(9-7-17)28(29)30-3/h6-9,14-15H,4-5,10-13,16,25H2,1-3H3/q+1. The molecular weight excluding hydrogens is 408 g/mol. The van der Waals surface area contributed by atoms with Crippen LogP contribution in [0.3, 0.4) is 0 Å². The van der Waals surface area contributed by atoms with Gasteiger partial charge in [0, 0.05) is 60.9 Å². The minimum Gasteiger partial charge on any atom is -0.493 e. The van der Waals surface area contributed by atoms with Crippen LogP contribution in [0, 0.1) is 4.91 Å². The maximum absolute atomic E-state index is 11.7. The lowest BCUT2D eigenvalue weighted by atomic mass is 10.1. The van der Waals surface area contributed by atoms with Gasteiger partial charge in [0.25, 0.3) is 4.92 Å². The molecule has 2 aromatic carbocycles. The van der Waals surface area contributed by atoms with Crippen molar-refractivity contribution >= 4 is 22.3 Å². The average Bonchev–Trinajstić information content (AvgIpc) is 3.10. The van der Waals surface area contributed by atoms with Crippen molar-refractivity contribution in [3.05, 3.63) is 46.9 Å². The predicted molar refractivity (Wildman–Crippen MR) is 125 cm³/mol. The summed E-state index contributed by atoms with van der Waals surface area (Å²) < 4.78 is 13.7. The number of anilines is 1. The number of hydrogen-bond acceptors (Lipinski definition) is 6. The lowest BCUT2D eigenvalue weighted by molar-refractivity contribution is -0.736. The van der Waals surface area contributed by atoms with Gasteiger partial charge in [-0.1, -0.05) is 0 Å². The highest BCUT2D eigenvalue weighted by molar-refractivity contribution is 6.02. The molecule has 2 heterocycles. The van der Waals surface area contributed by atoms with Gasteiger partial charge in [-0.25, -0.2) is 4.84 Å². The summed E-state index contributed by atoms with van der Waals surface area (Å²) in [5, 5.41) is 1.01. The van der Waals surface area contributed by atoms with E-state index in [0.29, 0.717) is 17.2 Å². The van der Waals surface area contributed by atoms with Crippen molar-refractivity contribution in [3.8, 4) is 17.0 Å². The largest absolute Gasteiger partial charge is 0.493 e. The Morgan fingerprint density at radius 3 is 2.47 bits per heavy atom. The van der Waals surface area contributed by atoms with E-state index in [1.54, 1.807) is 12.1 Å². The predicted octanol–water partition coefficient (Wildman–Crippen LogP) is 4.11. The van der Waals surface area contributed by atoms with Crippen LogP contribution in [-0.4, -0.2) is 54.4 Å². The van der Waals surface area contributed by atoms with Crippen LogP contribution in [0.2, 0.25) is 0 Å². The molecule has 1 aliphatic heterocycles. The number of nitrogens with zero attached hydrogens (tertiary/aromatic N) is 3. The number of fused-ring (bicyclic) bond motifs is 1. The van der Waals surface area contributed by atoms with Gasteiger partial charge in [-0.15, -0.1) is 0 Å². The molecule has 8 heteroatoms. The fraction of sp³-hybridized carbons (Fsp3) is 0.417. The second-order valence-corrected chi connectivity index (χ2v) is 7.79. The second-order valence-electron chi connectivity index (χ2n) is 7.79. The quantitative estimate of drug-likeness (QED) is 0.532. The number of rotatable bonds is 8. The van der Waals surface area contributed by atoms with Crippen LogP contribution in [0.5, 0.6) is 5.75 Å². The first-order valence-corrected chi connectivity index (χ1v) is 11.1. The molecule has 32 heavy (non-hydrogen) atoms. The summed E-state index contributed by atoms with van der Waals surface area (Å²) in [5.74, 6) is 0.891. The molecule has 1 aliphatic rings. The summed E-state index contributed by atoms with van der Waals surface area (Å²) in [6.45, 7) is 9.58. The van der Waals surface area contributed by atoms with Gasteiger partial charge in [-0.3, -0.25) is 4.90 Å². The number of ether oxygens (including phenoxy) is 2. The van der Waals surface area contributed by atoms with Crippen LogP contribution in [0.1, 0.15) is 19.4 Å². The number of hydrogen-bond donors (Lipinski definition) is 1. The summed E-state index contributed by atoms with van der Waals surface area (Å²) in [6.07, 6.45) is 0. The lowest BCUT2D eigenvalue weighted by Crippen LogP contribution is -2.35. The third kappa shape index (κ3) is 4.16. The molecule has 0 amide bonds. The smallest absolute Gasteiger partial charge is 0.316 e. The van der Waals surface area contributed by atoms with Gasteiger partial charge in [0.05, 0.1) is 41.6 Å². The molecule has 0 unspecified atom stereocenters. The van der Waals surface area contributed by atoms with Crippen molar-refractivity contribution in [2.24, 2.45) is 0 Å². The minimum absolute atomic E-state index is 0.431. The second kappa shape index (κ2) is 9.58. The van der Waals surface area contributed by atoms with Crippen molar-refractivity contribution in [1.29, 1.82) is 0 Å². The summed E-state index contributed by atoms with van der Waals surface area (Å²) in [5.41, 5.74) is 11.9. The first-order chi connectivity index (χ1) is 15.6. The number of morpholine rings is 1. The minimum atomic E-state index is 0.431. The van der Waals surface area contributed by atoms with Gasteiger partial charge in [0.1, 0.15) is 5.75 Å². The molecule has 0 spiro atoms. The van der Waals surface area contributed by atoms with E-state index in [9.17, 15) is 4.91 Å². The molecule has 4 rings (SSSR count). The third-order valence-corrected chi connectivity index (χ3v) is 5.92. The van der Waals surface area contributed by atoms with E-state index in [-0.39, 0.29) is 0 Å². The van der Waals surface area contributed by atoms with Crippen LogP contribution in [0.4, 0.5) is 11.4 Å². The van der Waals surface area contributed by atoms with Crippen molar-refractivity contribution in [2.75, 3.05) is 45.8 Å². The number of nitrogens with two attached hydrogens (primary N) is 1. The summed E-state index contributed by atoms with van der Waals surface area (Å²) >= 11 is 0. The van der Waals surface area contributed by atoms with Gasteiger partial charge in [0.2, 0.25) is 0 Å². The Labute approximate surface area is 188 Å². The van der Waals surface area contributed by atoms with E-state index in [2.05, 4.69) is 28.5 Å². The Bertz CT molecular complexity index is 1100. The van der Waals surface area contributed by atoms with E-state index in [0.717, 1.165) is 78.6 Å². The highest BCUT2D eigenvalue weighted by Crippen LogP contribution is 2.40. The third-order valence-electron chi connectivity index (χ3n) is 5.92. The van der Waals surface area contributed by atoms with E-state index < -0.39 is 0 Å². The topological polar surface area (TPSA) is 82.0 Å². The zero-order valence-electron chi connectivity index (χ0n) is 19.0. The summed E-state index contributed by atoms with van der Waals surface area (Å²) in [7, 11) is 1.35. The molecule has 1 saturated heterocycles. The molecule has 0 aliphatic carbocycles. The van der Waals surface area contributed by atoms with E-state index in [1.165, 1.54) is 7.11 Å². The van der Waals surface area contributed by atoms with Gasteiger partial charge in [-0.2, -0.15) is 0 Å². The first-order valence-electron chi connectivity index (χ1n) is 11.1. The van der Waals surface area contributed by atoms with E-state index in [4.69, 9.17) is 20.0 Å². The monoisotopic (exact) mass is 439 g/mol. The van der Waals surface area contributed by atoms with Crippen LogP contribution < -0.4 is 10.5 Å². The Hall–Kier alpha value is -3.10. The molecule has 1 aromatic heterocycles. The normalized spacial score (nSPS) is 14.6. The SMILES string of the molecule is CCOc1cc2c(cc1CN1CCOCC1)c(N)c(-c1ccc([N+](=O)OC)cc1)n2CC. The fourth-order valence-electron chi connectivity index (χ4n) is 4.35. The molecule has 0 bridgehead atoms. The number of benzene rings is 2. The molecule has 8 nitrogen and oxygen atoms in total. The van der Waals surface area contributed by atoms with Crippen LogP contribution in [-0.2, 0) is 22.7 Å². The Balaban J connectivity index is 1.80. The molecule has 0 atom stereocenters. The number of nitrogen functional groups attached to an aromatic ring is 1. The van der Waals surface area contributed by atoms with Gasteiger partial charge >= 0.3 is 5.69 Å². The Kier molecular flexibility index (Phi) is 6.62. The number of aryl methyl sites for hydroxylation is 1. The van der Waals surface area contributed by atoms with E-state index in [1.807, 2.05) is 19.1 Å². The summed E-state index contributed by atoms with van der Waals surface area (Å²) in [6, 6.07) is 11.5. The average molecular weight is 440 g/mol. The highest BCUT2D eigenvalue weighted by Gasteiger charge is 2.22. The molecule has 0 radical (unpaired) electrons. The zero-order valence-corrected chi connectivity index (χ0v) is 19.0. The first kappa shape index (κ1) is 22.1. The summed E-state index contributed by atoms with van der Waals surface area (Å²) in [4.78, 5) is 19.3. The van der Waals surface area contributed by atoms with Crippen molar-refractivity contribution in [1.82, 2.24) is 9.47 Å². The zero-order chi connectivity index (χ0) is 22.7. The molecule has 1 fully saturated rings. The molecule has 3 aromatic rings. The van der Waals surface area contributed by atoms with Crippen molar-refractivity contribution in [2.45, 2.75) is 26.9 Å². The molecule has 170 valence electrons. The van der Waals surface area contributed by atoms with Crippen LogP contribution in [0.15, 0.2) is 36.4 Å². The molecule has 2 N–H and O–H groups in total. The van der Waals surface area contributed by atoms with Gasteiger partial charge in [-0.05, 0) is 32.0 Å². The van der Waals surface area contributed by atoms with E-state index >= 15 is 0 Å². The maximum atomic E-state index is 11.7. The highest BCUT2D eigenvalue weighted by atomic mass is 16.8. The number of aromatic nitrogens is 1.